The molecule has 0 bridgehead atoms. The van der Waals surface area contributed by atoms with E-state index in [4.69, 9.17) is 14.6 Å². The van der Waals surface area contributed by atoms with Gasteiger partial charge in [-0.05, 0) is 57.2 Å². The van der Waals surface area contributed by atoms with Crippen LogP contribution in [-0.4, -0.2) is 50.8 Å². The number of nitrogens with one attached hydrogen (secondary N) is 2. The average Bonchev–Trinajstić information content (AvgIpc) is 3.55. The van der Waals surface area contributed by atoms with Crippen molar-refractivity contribution in [2.75, 3.05) is 12.3 Å². The first-order chi connectivity index (χ1) is 20.8. The van der Waals surface area contributed by atoms with E-state index in [9.17, 15) is 38.7 Å². The lowest BCUT2D eigenvalue weighted by Gasteiger charge is -2.01. The van der Waals surface area contributed by atoms with Gasteiger partial charge < -0.3 is 24.4 Å². The molecule has 0 saturated heterocycles. The lowest BCUT2D eigenvalue weighted by molar-refractivity contribution is -0.153. The van der Waals surface area contributed by atoms with Crippen molar-refractivity contribution in [1.29, 1.82) is 0 Å². The van der Waals surface area contributed by atoms with Gasteiger partial charge in [0.05, 0.1) is 46.4 Å². The van der Waals surface area contributed by atoms with Gasteiger partial charge in [-0.1, -0.05) is 18.2 Å². The molecule has 2 aromatic heterocycles. The predicted octanol–water partition coefficient (Wildman–Crippen LogP) is 3.33. The fourth-order valence-electron chi connectivity index (χ4n) is 3.81. The van der Waals surface area contributed by atoms with Crippen LogP contribution in [0.15, 0.2) is 73.0 Å². The molecule has 14 heteroatoms. The summed E-state index contributed by atoms with van der Waals surface area (Å²) >= 11 is 0. The van der Waals surface area contributed by atoms with Crippen LogP contribution < -0.4 is 17.2 Å². The fourth-order valence-corrected chi connectivity index (χ4v) is 3.81. The summed E-state index contributed by atoms with van der Waals surface area (Å²) in [5, 5.41) is 9.22. The summed E-state index contributed by atoms with van der Waals surface area (Å²) in [5.41, 5.74) is 7.66. The molecule has 0 radical (unpaired) electrons. The van der Waals surface area contributed by atoms with Crippen LogP contribution in [0.3, 0.4) is 0 Å². The Morgan fingerprint density at radius 3 is 1.75 bits per heavy atom. The summed E-state index contributed by atoms with van der Waals surface area (Å²) in [7, 11) is 0. The SMILES string of the molecule is CC(=O)c1cccc(N)c1O.CC(=O)c1cccc2[nH]c(=O)oc12.CCOC(=O)C(=O)CC(=O)c1cccc2[nH]c(=O)oc12. The number of phenols is 1. The number of nitrogen functional groups attached to an aromatic ring is 1. The third-order valence-corrected chi connectivity index (χ3v) is 5.84. The molecular weight excluding hydrogens is 578 g/mol. The van der Waals surface area contributed by atoms with E-state index in [0.717, 1.165) is 0 Å². The van der Waals surface area contributed by atoms with Gasteiger partial charge in [-0.2, -0.15) is 0 Å². The highest BCUT2D eigenvalue weighted by Gasteiger charge is 2.22. The van der Waals surface area contributed by atoms with Gasteiger partial charge in [0.2, 0.25) is 5.78 Å². The summed E-state index contributed by atoms with van der Waals surface area (Å²) < 4.78 is 14.2. The Morgan fingerprint density at radius 2 is 1.25 bits per heavy atom. The molecule has 5 N–H and O–H groups in total. The van der Waals surface area contributed by atoms with Crippen molar-refractivity contribution in [3.05, 3.63) is 92.4 Å². The molecule has 0 fully saturated rings. The average molecular weight is 606 g/mol. The number of ketones is 4. The summed E-state index contributed by atoms with van der Waals surface area (Å²) in [6, 6.07) is 14.2. The molecule has 0 aliphatic heterocycles. The number of anilines is 1. The lowest BCUT2D eigenvalue weighted by atomic mass is 10.1. The number of hydrogen-bond donors (Lipinski definition) is 4. The number of ether oxygens (including phenoxy) is 1. The number of esters is 1. The van der Waals surface area contributed by atoms with E-state index in [2.05, 4.69) is 14.7 Å². The van der Waals surface area contributed by atoms with E-state index < -0.39 is 35.5 Å². The van der Waals surface area contributed by atoms with Crippen molar-refractivity contribution in [2.45, 2.75) is 27.2 Å². The van der Waals surface area contributed by atoms with Gasteiger partial charge >= 0.3 is 17.5 Å². The van der Waals surface area contributed by atoms with Crippen LogP contribution in [0, 0.1) is 0 Å². The van der Waals surface area contributed by atoms with Gasteiger partial charge in [-0.3, -0.25) is 29.1 Å². The summed E-state index contributed by atoms with van der Waals surface area (Å²) in [6.07, 6.45) is -0.632. The maximum atomic E-state index is 12.0. The number of Topliss-reactive ketones (excluding diaryl/α,β-unsaturated/α-hetero) is 4. The van der Waals surface area contributed by atoms with E-state index in [-0.39, 0.29) is 46.3 Å². The zero-order valence-electron chi connectivity index (χ0n) is 23.7. The molecule has 14 nitrogen and oxygen atoms in total. The zero-order valence-corrected chi connectivity index (χ0v) is 23.7. The summed E-state index contributed by atoms with van der Waals surface area (Å²) in [5.74, 6) is -4.27. The van der Waals surface area contributed by atoms with Crippen LogP contribution in [0.1, 0.15) is 58.3 Å². The Balaban J connectivity index is 0.000000191. The third-order valence-electron chi connectivity index (χ3n) is 5.84. The number of phenolic OH excluding ortho intramolecular Hbond substituents is 1. The first kappa shape index (κ1) is 32.5. The van der Waals surface area contributed by atoms with Crippen LogP contribution in [0.2, 0.25) is 0 Å². The molecule has 0 aliphatic carbocycles. The number of rotatable bonds is 7. The molecule has 0 atom stereocenters. The molecule has 0 saturated carbocycles. The molecule has 0 amide bonds. The molecule has 0 spiro atoms. The number of hydrogen-bond acceptors (Lipinski definition) is 12. The van der Waals surface area contributed by atoms with E-state index in [1.807, 2.05) is 0 Å². The molecule has 2 heterocycles. The molecule has 3 aromatic carbocycles. The second-order valence-electron chi connectivity index (χ2n) is 8.99. The van der Waals surface area contributed by atoms with Gasteiger partial charge in [0.1, 0.15) is 5.75 Å². The Hall–Kier alpha value is -6.05. The molecule has 5 rings (SSSR count). The first-order valence-corrected chi connectivity index (χ1v) is 12.9. The normalized spacial score (nSPS) is 10.2. The van der Waals surface area contributed by atoms with Crippen molar-refractivity contribution in [1.82, 2.24) is 9.97 Å². The Morgan fingerprint density at radius 1 is 0.773 bits per heavy atom. The maximum Gasteiger partial charge on any atom is 0.417 e. The number of aromatic nitrogens is 2. The number of para-hydroxylation sites is 3. The van der Waals surface area contributed by atoms with Crippen LogP contribution in [0.5, 0.6) is 5.75 Å². The molecule has 5 aromatic rings. The van der Waals surface area contributed by atoms with Crippen LogP contribution >= 0.6 is 0 Å². The van der Waals surface area contributed by atoms with Crippen molar-refractivity contribution in [3.63, 3.8) is 0 Å². The lowest BCUT2D eigenvalue weighted by Crippen LogP contribution is -2.20. The second kappa shape index (κ2) is 14.2. The highest BCUT2D eigenvalue weighted by Crippen LogP contribution is 2.24. The van der Waals surface area contributed by atoms with E-state index in [1.165, 1.54) is 32.0 Å². The van der Waals surface area contributed by atoms with Gasteiger partial charge in [0, 0.05) is 0 Å². The third kappa shape index (κ3) is 7.82. The molecule has 228 valence electrons. The number of carbonyl (C=O) groups is 5. The Kier molecular flexibility index (Phi) is 10.5. The second-order valence-corrected chi connectivity index (χ2v) is 8.99. The first-order valence-electron chi connectivity index (χ1n) is 12.9. The quantitative estimate of drug-likeness (QED) is 0.0522. The van der Waals surface area contributed by atoms with Crippen LogP contribution in [0.4, 0.5) is 5.69 Å². The van der Waals surface area contributed by atoms with Gasteiger partial charge in [0.25, 0.3) is 0 Å². The molecule has 44 heavy (non-hydrogen) atoms. The van der Waals surface area contributed by atoms with Gasteiger partial charge in [0.15, 0.2) is 28.5 Å². The smallest absolute Gasteiger partial charge is 0.417 e. The topological polar surface area (TPSA) is 233 Å². The van der Waals surface area contributed by atoms with Gasteiger partial charge in [-0.15, -0.1) is 0 Å². The fraction of sp³-hybridized carbons (Fsp3) is 0.167. The molecular formula is C30H27N3O11. The maximum absolute atomic E-state index is 12.0. The summed E-state index contributed by atoms with van der Waals surface area (Å²) in [6.45, 7) is 4.43. The van der Waals surface area contributed by atoms with Crippen molar-refractivity contribution in [3.8, 4) is 5.75 Å². The van der Waals surface area contributed by atoms with Crippen LogP contribution in [-0.2, 0) is 14.3 Å². The minimum atomic E-state index is -1.05. The monoisotopic (exact) mass is 605 g/mol. The van der Waals surface area contributed by atoms with Crippen molar-refractivity contribution in [2.24, 2.45) is 0 Å². The molecule has 0 aliphatic rings. The molecule has 0 unspecified atom stereocenters. The Bertz CT molecular complexity index is 1990. The number of benzene rings is 3. The minimum Gasteiger partial charge on any atom is -0.505 e. The van der Waals surface area contributed by atoms with Crippen molar-refractivity contribution < 1.29 is 42.7 Å². The number of nitrogens with two attached hydrogens (primary N) is 1. The number of oxazole rings is 2. The largest absolute Gasteiger partial charge is 0.505 e. The minimum absolute atomic E-state index is 0.0566. The number of aromatic amines is 2. The van der Waals surface area contributed by atoms with E-state index >= 15 is 0 Å². The Labute approximate surface area is 247 Å². The number of carbonyl (C=O) groups excluding carboxylic acids is 5. The zero-order chi connectivity index (χ0) is 32.6. The van der Waals surface area contributed by atoms with E-state index in [0.29, 0.717) is 22.2 Å². The highest BCUT2D eigenvalue weighted by atomic mass is 16.5. The highest BCUT2D eigenvalue weighted by molar-refractivity contribution is 6.38. The number of H-pyrrole nitrogens is 2. The number of aromatic hydroxyl groups is 1. The predicted molar refractivity (Wildman–Crippen MR) is 157 cm³/mol. The van der Waals surface area contributed by atoms with Crippen molar-refractivity contribution >= 4 is 57.0 Å². The van der Waals surface area contributed by atoms with Crippen LogP contribution in [0.25, 0.3) is 22.2 Å². The van der Waals surface area contributed by atoms with E-state index in [1.54, 1.807) is 43.3 Å². The standard InChI is InChI=1S/C13H11NO6.C9H7NO3.C8H9NO2/c1-2-19-12(17)10(16)6-9(15)7-4-3-5-8-11(7)20-13(18)14-8;1-5(11)6-3-2-4-7-8(6)13-9(12)10-7;1-5(10)6-3-2-4-7(9)8(6)11/h3-5H,2,6H2,1H3,(H,14,18);2-4H,1H3,(H,10,12);2-4,11H,9H2,1H3. The van der Waals surface area contributed by atoms with Gasteiger partial charge in [-0.25, -0.2) is 14.4 Å². The number of fused-ring (bicyclic) bond motifs is 2. The summed E-state index contributed by atoms with van der Waals surface area (Å²) in [4.78, 5) is 83.3.